The first kappa shape index (κ1) is 19.8. The van der Waals surface area contributed by atoms with Gasteiger partial charge in [0.1, 0.15) is 5.03 Å². The molecule has 0 aliphatic heterocycles. The van der Waals surface area contributed by atoms with Crippen molar-refractivity contribution >= 4 is 23.4 Å². The van der Waals surface area contributed by atoms with Crippen LogP contribution in [0.5, 0.6) is 0 Å². The van der Waals surface area contributed by atoms with Gasteiger partial charge in [0.05, 0.1) is 6.20 Å². The van der Waals surface area contributed by atoms with Gasteiger partial charge in [0.2, 0.25) is 0 Å². The van der Waals surface area contributed by atoms with Gasteiger partial charge in [-0.15, -0.1) is 11.8 Å². The highest BCUT2D eigenvalue weighted by Gasteiger charge is 2.08. The van der Waals surface area contributed by atoms with Crippen LogP contribution in [0.3, 0.4) is 0 Å². The fourth-order valence-electron chi connectivity index (χ4n) is 2.97. The smallest absolute Gasteiger partial charge is 0.255 e. The largest absolute Gasteiger partial charge is 0.322 e. The third kappa shape index (κ3) is 5.52. The maximum Gasteiger partial charge on any atom is 0.255 e. The molecule has 0 spiro atoms. The van der Waals surface area contributed by atoms with Crippen molar-refractivity contribution in [2.45, 2.75) is 17.2 Å². The number of carbonyl (C=O) groups excluding carboxylic acids is 1. The Balaban J connectivity index is 1.36. The summed E-state index contributed by atoms with van der Waals surface area (Å²) in [6, 6.07) is 19.6. The number of hydrogen-bond acceptors (Lipinski definition) is 5. The Bertz CT molecular complexity index is 1100. The van der Waals surface area contributed by atoms with Crippen LogP contribution in [0.1, 0.15) is 27.0 Å². The summed E-state index contributed by atoms with van der Waals surface area (Å²) in [5, 5.41) is 3.83. The number of pyridine rings is 1. The second-order valence-electron chi connectivity index (χ2n) is 6.72. The van der Waals surface area contributed by atoms with E-state index in [9.17, 15) is 4.79 Å². The zero-order valence-corrected chi connectivity index (χ0v) is 17.0. The molecule has 0 saturated heterocycles. The van der Waals surface area contributed by atoms with E-state index in [1.165, 1.54) is 11.1 Å². The molecule has 2 heterocycles. The molecule has 30 heavy (non-hydrogen) atoms. The number of aromatic nitrogens is 3. The number of carbonyl (C=O) groups is 1. The van der Waals surface area contributed by atoms with Crippen molar-refractivity contribution in [3.05, 3.63) is 114 Å². The molecule has 1 N–H and O–H groups in total. The van der Waals surface area contributed by atoms with Crippen LogP contribution in [0.15, 0.2) is 96.7 Å². The quantitative estimate of drug-likeness (QED) is 0.432. The van der Waals surface area contributed by atoms with Crippen LogP contribution in [0, 0.1) is 0 Å². The van der Waals surface area contributed by atoms with Crippen LogP contribution < -0.4 is 5.32 Å². The molecule has 0 aliphatic rings. The monoisotopic (exact) mass is 412 g/mol. The molecule has 148 valence electrons. The minimum absolute atomic E-state index is 0.122. The van der Waals surface area contributed by atoms with E-state index in [4.69, 9.17) is 0 Å². The number of rotatable bonds is 7. The molecule has 2 aromatic carbocycles. The van der Waals surface area contributed by atoms with E-state index >= 15 is 0 Å². The summed E-state index contributed by atoms with van der Waals surface area (Å²) in [6.07, 6.45) is 9.49. The molecular weight excluding hydrogens is 392 g/mol. The summed E-state index contributed by atoms with van der Waals surface area (Å²) in [6.45, 7) is 0. The highest BCUT2D eigenvalue weighted by Crippen LogP contribution is 2.21. The third-order valence-electron chi connectivity index (χ3n) is 4.48. The van der Waals surface area contributed by atoms with Gasteiger partial charge in [-0.05, 0) is 59.5 Å². The summed E-state index contributed by atoms with van der Waals surface area (Å²) in [5.74, 6) is 0.604. The normalized spacial score (nSPS) is 10.5. The number of hydrogen-bond donors (Lipinski definition) is 1. The summed E-state index contributed by atoms with van der Waals surface area (Å²) in [7, 11) is 0. The van der Waals surface area contributed by atoms with Crippen molar-refractivity contribution in [3.8, 4) is 0 Å². The predicted molar refractivity (Wildman–Crippen MR) is 119 cm³/mol. The molecule has 0 atom stereocenters. The predicted octanol–water partition coefficient (Wildman–Crippen LogP) is 5.01. The second kappa shape index (κ2) is 9.80. The SMILES string of the molecule is O=C(Nc1ccc(Cc2ccncc2)cc1)c1cccc(CSc2cnccn2)c1. The van der Waals surface area contributed by atoms with Gasteiger partial charge in [-0.2, -0.15) is 0 Å². The second-order valence-corrected chi connectivity index (χ2v) is 7.71. The van der Waals surface area contributed by atoms with E-state index in [1.54, 1.807) is 42.7 Å². The van der Waals surface area contributed by atoms with Crippen molar-refractivity contribution in [1.29, 1.82) is 0 Å². The Morgan fingerprint density at radius 2 is 1.63 bits per heavy atom. The Hall–Kier alpha value is -3.51. The number of nitrogens with zero attached hydrogens (tertiary/aromatic N) is 3. The highest BCUT2D eigenvalue weighted by atomic mass is 32.2. The van der Waals surface area contributed by atoms with Crippen molar-refractivity contribution < 1.29 is 4.79 Å². The molecule has 4 rings (SSSR count). The van der Waals surface area contributed by atoms with Gasteiger partial charge < -0.3 is 5.32 Å². The molecule has 0 unspecified atom stereocenters. The Morgan fingerprint density at radius 1 is 0.833 bits per heavy atom. The number of anilines is 1. The minimum atomic E-state index is -0.122. The van der Waals surface area contributed by atoms with Crippen molar-refractivity contribution in [3.63, 3.8) is 0 Å². The summed E-state index contributed by atoms with van der Waals surface area (Å²) in [5.41, 5.74) is 4.86. The Morgan fingerprint density at radius 3 is 2.40 bits per heavy atom. The first-order chi connectivity index (χ1) is 14.8. The molecule has 5 nitrogen and oxygen atoms in total. The first-order valence-corrected chi connectivity index (χ1v) is 10.5. The van der Waals surface area contributed by atoms with Crippen molar-refractivity contribution in [2.24, 2.45) is 0 Å². The zero-order valence-electron chi connectivity index (χ0n) is 16.2. The first-order valence-electron chi connectivity index (χ1n) is 9.53. The van der Waals surface area contributed by atoms with E-state index < -0.39 is 0 Å². The molecule has 0 bridgehead atoms. The molecular formula is C24H20N4OS. The Kier molecular flexibility index (Phi) is 6.47. The van der Waals surface area contributed by atoms with Crippen LogP contribution in [-0.4, -0.2) is 20.9 Å². The van der Waals surface area contributed by atoms with E-state index in [2.05, 4.69) is 20.3 Å². The van der Waals surface area contributed by atoms with Crippen LogP contribution in [-0.2, 0) is 12.2 Å². The van der Waals surface area contributed by atoms with Crippen molar-refractivity contribution in [1.82, 2.24) is 15.0 Å². The van der Waals surface area contributed by atoms with E-state index in [1.807, 2.05) is 60.7 Å². The lowest BCUT2D eigenvalue weighted by molar-refractivity contribution is 0.102. The lowest BCUT2D eigenvalue weighted by Crippen LogP contribution is -2.12. The summed E-state index contributed by atoms with van der Waals surface area (Å²) >= 11 is 1.59. The molecule has 0 fully saturated rings. The van der Waals surface area contributed by atoms with Gasteiger partial charge in [-0.25, -0.2) is 4.98 Å². The fraction of sp³-hybridized carbons (Fsp3) is 0.0833. The van der Waals surface area contributed by atoms with E-state index in [0.29, 0.717) is 5.56 Å². The summed E-state index contributed by atoms with van der Waals surface area (Å²) < 4.78 is 0. The van der Waals surface area contributed by atoms with Gasteiger partial charge in [-0.1, -0.05) is 24.3 Å². The molecule has 6 heteroatoms. The maximum absolute atomic E-state index is 12.7. The standard InChI is InChI=1S/C24H20N4OS/c29-24(21-3-1-2-20(15-21)17-30-23-16-26-12-13-27-23)28-22-6-4-18(5-7-22)14-19-8-10-25-11-9-19/h1-13,15-16H,14,17H2,(H,28,29). The topological polar surface area (TPSA) is 67.8 Å². The van der Waals surface area contributed by atoms with Crippen LogP contribution in [0.25, 0.3) is 0 Å². The number of amides is 1. The fourth-order valence-corrected chi connectivity index (χ4v) is 3.73. The van der Waals surface area contributed by atoms with Gasteiger partial charge >= 0.3 is 0 Å². The van der Waals surface area contributed by atoms with Crippen molar-refractivity contribution in [2.75, 3.05) is 5.32 Å². The molecule has 0 saturated carbocycles. The van der Waals surface area contributed by atoms with Crippen LogP contribution >= 0.6 is 11.8 Å². The minimum Gasteiger partial charge on any atom is -0.322 e. The highest BCUT2D eigenvalue weighted by molar-refractivity contribution is 7.98. The van der Waals surface area contributed by atoms with Gasteiger partial charge in [-0.3, -0.25) is 14.8 Å². The Labute approximate surface area is 179 Å². The molecule has 4 aromatic rings. The van der Waals surface area contributed by atoms with E-state index in [-0.39, 0.29) is 5.91 Å². The molecule has 2 aromatic heterocycles. The molecule has 1 amide bonds. The zero-order chi connectivity index (χ0) is 20.6. The lowest BCUT2D eigenvalue weighted by atomic mass is 10.1. The average molecular weight is 413 g/mol. The maximum atomic E-state index is 12.7. The van der Waals surface area contributed by atoms with Crippen LogP contribution in [0.4, 0.5) is 5.69 Å². The average Bonchev–Trinajstić information content (AvgIpc) is 2.80. The molecule has 0 radical (unpaired) electrons. The van der Waals surface area contributed by atoms with Gasteiger partial charge in [0.25, 0.3) is 5.91 Å². The lowest BCUT2D eigenvalue weighted by Gasteiger charge is -2.08. The number of nitrogens with one attached hydrogen (secondary N) is 1. The molecule has 0 aliphatic carbocycles. The third-order valence-corrected chi connectivity index (χ3v) is 5.47. The number of thioether (sulfide) groups is 1. The van der Waals surface area contributed by atoms with Crippen LogP contribution in [0.2, 0.25) is 0 Å². The summed E-state index contributed by atoms with van der Waals surface area (Å²) in [4.78, 5) is 25.0. The van der Waals surface area contributed by atoms with Gasteiger partial charge in [0.15, 0.2) is 0 Å². The number of benzene rings is 2. The van der Waals surface area contributed by atoms with Gasteiger partial charge in [0, 0.05) is 41.8 Å². The van der Waals surface area contributed by atoms with E-state index in [0.717, 1.165) is 28.5 Å².